The number of aryl methyl sites for hydroxylation is 1. The summed E-state index contributed by atoms with van der Waals surface area (Å²) in [7, 11) is 0. The first-order chi connectivity index (χ1) is 9.69. The van der Waals surface area contributed by atoms with Crippen molar-refractivity contribution < 1.29 is 9.53 Å². The summed E-state index contributed by atoms with van der Waals surface area (Å²) in [5.41, 5.74) is 7.66. The Kier molecular flexibility index (Phi) is 5.45. The molecule has 0 bridgehead atoms. The number of hydrogen-bond donors (Lipinski definition) is 1. The van der Waals surface area contributed by atoms with Crippen molar-refractivity contribution in [3.05, 3.63) is 29.8 Å². The van der Waals surface area contributed by atoms with Crippen molar-refractivity contribution in [3.8, 4) is 0 Å². The van der Waals surface area contributed by atoms with Crippen molar-refractivity contribution in [1.82, 2.24) is 0 Å². The van der Waals surface area contributed by atoms with E-state index in [4.69, 9.17) is 10.5 Å². The second kappa shape index (κ2) is 7.32. The highest BCUT2D eigenvalue weighted by atomic mass is 16.5. The Morgan fingerprint density at radius 2 is 2.15 bits per heavy atom. The maximum absolute atomic E-state index is 11.9. The lowest BCUT2D eigenvalue weighted by Gasteiger charge is -2.28. The van der Waals surface area contributed by atoms with Gasteiger partial charge in [-0.3, -0.25) is 4.79 Å². The van der Waals surface area contributed by atoms with Crippen molar-refractivity contribution in [2.75, 3.05) is 5.73 Å². The van der Waals surface area contributed by atoms with Crippen LogP contribution in [0, 0.1) is 5.92 Å². The van der Waals surface area contributed by atoms with Gasteiger partial charge in [0.05, 0.1) is 0 Å². The zero-order valence-electron chi connectivity index (χ0n) is 12.3. The number of nitrogen functional groups attached to an aromatic ring is 1. The summed E-state index contributed by atoms with van der Waals surface area (Å²) in [6.07, 6.45) is 6.93. The maximum Gasteiger partial charge on any atom is 0.306 e. The van der Waals surface area contributed by atoms with Crippen LogP contribution >= 0.6 is 0 Å². The molecule has 0 spiro atoms. The highest BCUT2D eigenvalue weighted by Crippen LogP contribution is 2.28. The molecule has 1 saturated carbocycles. The van der Waals surface area contributed by atoms with Crippen molar-refractivity contribution >= 4 is 11.7 Å². The van der Waals surface area contributed by atoms with E-state index in [0.717, 1.165) is 30.0 Å². The van der Waals surface area contributed by atoms with Crippen LogP contribution in [0.5, 0.6) is 0 Å². The fraction of sp³-hybridized carbons (Fsp3) is 0.588. The first-order valence-electron chi connectivity index (χ1n) is 7.72. The van der Waals surface area contributed by atoms with Crippen LogP contribution < -0.4 is 5.73 Å². The molecule has 0 aliphatic heterocycles. The zero-order valence-corrected chi connectivity index (χ0v) is 12.3. The minimum atomic E-state index is -0.0880. The Labute approximate surface area is 121 Å². The number of carbonyl (C=O) groups is 1. The molecule has 2 unspecified atom stereocenters. The third kappa shape index (κ3) is 4.26. The number of benzene rings is 1. The SMILES string of the molecule is CCC1CCCC(OC(=O)CCc2ccccc2N)C1. The van der Waals surface area contributed by atoms with E-state index in [2.05, 4.69) is 6.92 Å². The Balaban J connectivity index is 1.77. The van der Waals surface area contributed by atoms with E-state index >= 15 is 0 Å². The van der Waals surface area contributed by atoms with Crippen molar-refractivity contribution in [1.29, 1.82) is 0 Å². The van der Waals surface area contributed by atoms with E-state index in [9.17, 15) is 4.79 Å². The van der Waals surface area contributed by atoms with Gasteiger partial charge in [0.25, 0.3) is 0 Å². The molecule has 3 heteroatoms. The van der Waals surface area contributed by atoms with Gasteiger partial charge in [0.1, 0.15) is 6.10 Å². The summed E-state index contributed by atoms with van der Waals surface area (Å²) < 4.78 is 5.61. The monoisotopic (exact) mass is 275 g/mol. The van der Waals surface area contributed by atoms with E-state index in [-0.39, 0.29) is 12.1 Å². The Morgan fingerprint density at radius 3 is 2.90 bits per heavy atom. The maximum atomic E-state index is 11.9. The Bertz CT molecular complexity index is 444. The van der Waals surface area contributed by atoms with Crippen LogP contribution in [-0.4, -0.2) is 12.1 Å². The topological polar surface area (TPSA) is 52.3 Å². The molecular weight excluding hydrogens is 250 g/mol. The molecule has 0 heterocycles. The molecule has 20 heavy (non-hydrogen) atoms. The highest BCUT2D eigenvalue weighted by molar-refractivity contribution is 5.70. The Hall–Kier alpha value is -1.51. The summed E-state index contributed by atoms with van der Waals surface area (Å²) >= 11 is 0. The fourth-order valence-electron chi connectivity index (χ4n) is 2.96. The van der Waals surface area contributed by atoms with Gasteiger partial charge in [0.2, 0.25) is 0 Å². The molecule has 110 valence electrons. The van der Waals surface area contributed by atoms with Gasteiger partial charge in [-0.1, -0.05) is 38.0 Å². The van der Waals surface area contributed by atoms with Crippen molar-refractivity contribution in [3.63, 3.8) is 0 Å². The number of para-hydroxylation sites is 1. The van der Waals surface area contributed by atoms with Gasteiger partial charge < -0.3 is 10.5 Å². The van der Waals surface area contributed by atoms with Crippen LogP contribution in [0.4, 0.5) is 5.69 Å². The molecule has 0 saturated heterocycles. The number of ether oxygens (including phenoxy) is 1. The highest BCUT2D eigenvalue weighted by Gasteiger charge is 2.23. The molecule has 2 atom stereocenters. The van der Waals surface area contributed by atoms with E-state index in [1.807, 2.05) is 24.3 Å². The number of carbonyl (C=O) groups excluding carboxylic acids is 1. The van der Waals surface area contributed by atoms with E-state index in [1.54, 1.807) is 0 Å². The summed E-state index contributed by atoms with van der Waals surface area (Å²) in [6, 6.07) is 7.69. The van der Waals surface area contributed by atoms with E-state index in [1.165, 1.54) is 19.3 Å². The number of nitrogens with two attached hydrogens (primary N) is 1. The lowest BCUT2D eigenvalue weighted by Crippen LogP contribution is -2.25. The lowest BCUT2D eigenvalue weighted by atomic mass is 9.85. The van der Waals surface area contributed by atoms with Crippen molar-refractivity contribution in [2.24, 2.45) is 5.92 Å². The van der Waals surface area contributed by atoms with Gasteiger partial charge in [-0.05, 0) is 43.2 Å². The van der Waals surface area contributed by atoms with Gasteiger partial charge in [0, 0.05) is 12.1 Å². The van der Waals surface area contributed by atoms with Crippen LogP contribution in [0.3, 0.4) is 0 Å². The van der Waals surface area contributed by atoms with Crippen LogP contribution in [0.15, 0.2) is 24.3 Å². The zero-order chi connectivity index (χ0) is 14.4. The predicted molar refractivity (Wildman–Crippen MR) is 81.3 cm³/mol. The number of hydrogen-bond acceptors (Lipinski definition) is 3. The Morgan fingerprint density at radius 1 is 1.35 bits per heavy atom. The quantitative estimate of drug-likeness (QED) is 0.658. The number of esters is 1. The third-order valence-corrected chi connectivity index (χ3v) is 4.26. The minimum absolute atomic E-state index is 0.0880. The van der Waals surface area contributed by atoms with Gasteiger partial charge in [-0.15, -0.1) is 0 Å². The molecule has 0 amide bonds. The third-order valence-electron chi connectivity index (χ3n) is 4.26. The van der Waals surface area contributed by atoms with Gasteiger partial charge in [-0.2, -0.15) is 0 Å². The molecular formula is C17H25NO2. The molecule has 3 nitrogen and oxygen atoms in total. The first kappa shape index (κ1) is 14.9. The second-order valence-electron chi connectivity index (χ2n) is 5.75. The second-order valence-corrected chi connectivity index (χ2v) is 5.75. The normalized spacial score (nSPS) is 22.4. The number of rotatable bonds is 5. The largest absolute Gasteiger partial charge is 0.462 e. The molecule has 1 aliphatic rings. The summed E-state index contributed by atoms with van der Waals surface area (Å²) in [5.74, 6) is 0.640. The number of anilines is 1. The summed E-state index contributed by atoms with van der Waals surface area (Å²) in [5, 5.41) is 0. The van der Waals surface area contributed by atoms with Crippen LogP contribution in [-0.2, 0) is 16.0 Å². The fourth-order valence-corrected chi connectivity index (χ4v) is 2.96. The standard InChI is InChI=1S/C17H25NO2/c1-2-13-6-5-8-15(12-13)20-17(19)11-10-14-7-3-4-9-16(14)18/h3-4,7,9,13,15H,2,5-6,8,10-12,18H2,1H3. The average molecular weight is 275 g/mol. The first-order valence-corrected chi connectivity index (χ1v) is 7.72. The van der Waals surface area contributed by atoms with Crippen molar-refractivity contribution in [2.45, 2.75) is 58.0 Å². The van der Waals surface area contributed by atoms with Gasteiger partial charge >= 0.3 is 5.97 Å². The predicted octanol–water partition coefficient (Wildman–Crippen LogP) is 3.71. The summed E-state index contributed by atoms with van der Waals surface area (Å²) in [6.45, 7) is 2.22. The smallest absolute Gasteiger partial charge is 0.306 e. The lowest BCUT2D eigenvalue weighted by molar-refractivity contribution is -0.151. The minimum Gasteiger partial charge on any atom is -0.462 e. The molecule has 1 fully saturated rings. The molecule has 1 aliphatic carbocycles. The van der Waals surface area contributed by atoms with E-state index < -0.39 is 0 Å². The summed E-state index contributed by atoms with van der Waals surface area (Å²) in [4.78, 5) is 11.9. The van der Waals surface area contributed by atoms with Crippen LogP contribution in [0.25, 0.3) is 0 Å². The molecule has 2 N–H and O–H groups in total. The molecule has 1 aromatic rings. The van der Waals surface area contributed by atoms with Crippen LogP contribution in [0.1, 0.15) is 51.0 Å². The van der Waals surface area contributed by atoms with Crippen LogP contribution in [0.2, 0.25) is 0 Å². The average Bonchev–Trinajstić information content (AvgIpc) is 2.46. The molecule has 0 radical (unpaired) electrons. The van der Waals surface area contributed by atoms with E-state index in [0.29, 0.717) is 12.8 Å². The molecule has 2 rings (SSSR count). The molecule has 1 aromatic carbocycles. The van der Waals surface area contributed by atoms with Gasteiger partial charge in [-0.25, -0.2) is 0 Å². The van der Waals surface area contributed by atoms with Gasteiger partial charge in [0.15, 0.2) is 0 Å². The molecule has 0 aromatic heterocycles.